The molecule has 1 aromatic heterocycles. The van der Waals surface area contributed by atoms with E-state index < -0.39 is 11.9 Å². The van der Waals surface area contributed by atoms with Crippen LogP contribution < -0.4 is 11.3 Å². The lowest BCUT2D eigenvalue weighted by Gasteiger charge is -2.22. The number of nitrogens with zero attached hydrogens (tertiary/aromatic N) is 1. The van der Waals surface area contributed by atoms with Crippen LogP contribution >= 0.6 is 0 Å². The van der Waals surface area contributed by atoms with Crippen LogP contribution in [0.25, 0.3) is 0 Å². The minimum atomic E-state index is -0.558. The number of carbonyl (C=O) groups excluding carboxylic acids is 2. The number of primary amides is 1. The van der Waals surface area contributed by atoms with Gasteiger partial charge in [0.15, 0.2) is 0 Å². The molecule has 6 heteroatoms. The maximum absolute atomic E-state index is 12.2. The molecule has 2 rings (SSSR count). The van der Waals surface area contributed by atoms with Gasteiger partial charge < -0.3 is 15.6 Å². The zero-order chi connectivity index (χ0) is 13.3. The highest BCUT2D eigenvalue weighted by Gasteiger charge is 2.33. The molecule has 0 saturated carbocycles. The Morgan fingerprint density at radius 1 is 1.44 bits per heavy atom. The molecule has 0 aliphatic carbocycles. The van der Waals surface area contributed by atoms with Crippen LogP contribution in [0.1, 0.15) is 28.9 Å². The van der Waals surface area contributed by atoms with Crippen molar-refractivity contribution in [2.75, 3.05) is 6.54 Å². The van der Waals surface area contributed by atoms with E-state index >= 15 is 0 Å². The smallest absolute Gasteiger partial charge is 0.254 e. The first kappa shape index (κ1) is 12.3. The van der Waals surface area contributed by atoms with Crippen LogP contribution in [-0.2, 0) is 4.79 Å². The summed E-state index contributed by atoms with van der Waals surface area (Å²) in [5, 5.41) is 0. The van der Waals surface area contributed by atoms with Crippen molar-refractivity contribution in [2.45, 2.75) is 25.8 Å². The maximum atomic E-state index is 12.2. The van der Waals surface area contributed by atoms with E-state index in [9.17, 15) is 14.4 Å². The molecule has 2 heterocycles. The van der Waals surface area contributed by atoms with E-state index in [0.29, 0.717) is 24.2 Å². The molecule has 1 fully saturated rings. The summed E-state index contributed by atoms with van der Waals surface area (Å²) in [5.41, 5.74) is 5.84. The molecule has 0 aromatic carbocycles. The summed E-state index contributed by atoms with van der Waals surface area (Å²) in [5.74, 6) is -0.812. The number of nitrogens with two attached hydrogens (primary N) is 1. The first-order valence-electron chi connectivity index (χ1n) is 5.80. The fourth-order valence-corrected chi connectivity index (χ4v) is 2.28. The largest absolute Gasteiger partial charge is 0.368 e. The van der Waals surface area contributed by atoms with Gasteiger partial charge in [-0.05, 0) is 25.8 Å². The topological polar surface area (TPSA) is 96.3 Å². The van der Waals surface area contributed by atoms with Gasteiger partial charge in [0.1, 0.15) is 6.04 Å². The van der Waals surface area contributed by atoms with Crippen LogP contribution in [0.15, 0.2) is 16.9 Å². The van der Waals surface area contributed by atoms with Crippen LogP contribution in [0, 0.1) is 6.92 Å². The third-order valence-electron chi connectivity index (χ3n) is 3.07. The highest BCUT2D eigenvalue weighted by Crippen LogP contribution is 2.19. The second kappa shape index (κ2) is 4.64. The molecule has 0 unspecified atom stereocenters. The molecule has 1 saturated heterocycles. The van der Waals surface area contributed by atoms with Gasteiger partial charge in [-0.25, -0.2) is 0 Å². The van der Waals surface area contributed by atoms with Gasteiger partial charge in [-0.3, -0.25) is 14.4 Å². The molecule has 1 atom stereocenters. The van der Waals surface area contributed by atoms with Crippen LogP contribution in [0.4, 0.5) is 0 Å². The monoisotopic (exact) mass is 249 g/mol. The lowest BCUT2D eigenvalue weighted by atomic mass is 10.1. The van der Waals surface area contributed by atoms with Crippen LogP contribution in [0.3, 0.4) is 0 Å². The summed E-state index contributed by atoms with van der Waals surface area (Å²) in [7, 11) is 0. The average Bonchev–Trinajstić information content (AvgIpc) is 2.75. The highest BCUT2D eigenvalue weighted by molar-refractivity contribution is 5.97. The first-order valence-corrected chi connectivity index (χ1v) is 5.80. The lowest BCUT2D eigenvalue weighted by molar-refractivity contribution is -0.121. The van der Waals surface area contributed by atoms with Gasteiger partial charge in [0, 0.05) is 23.9 Å². The summed E-state index contributed by atoms with van der Waals surface area (Å²) in [6, 6.07) is 2.28. The molecule has 0 spiro atoms. The van der Waals surface area contributed by atoms with Gasteiger partial charge in [-0.15, -0.1) is 0 Å². The predicted molar refractivity (Wildman–Crippen MR) is 65.1 cm³/mol. The van der Waals surface area contributed by atoms with E-state index in [1.807, 2.05) is 0 Å². The molecule has 1 aliphatic rings. The van der Waals surface area contributed by atoms with Crippen molar-refractivity contribution in [3.8, 4) is 0 Å². The second-order valence-electron chi connectivity index (χ2n) is 4.48. The van der Waals surface area contributed by atoms with Crippen molar-refractivity contribution < 1.29 is 9.59 Å². The number of hydrogen-bond donors (Lipinski definition) is 2. The molecule has 6 nitrogen and oxygen atoms in total. The number of H-pyrrole nitrogens is 1. The zero-order valence-electron chi connectivity index (χ0n) is 10.1. The van der Waals surface area contributed by atoms with Crippen molar-refractivity contribution in [1.29, 1.82) is 0 Å². The fourth-order valence-electron chi connectivity index (χ4n) is 2.28. The van der Waals surface area contributed by atoms with Crippen LogP contribution in [-0.4, -0.2) is 34.3 Å². The third-order valence-corrected chi connectivity index (χ3v) is 3.07. The summed E-state index contributed by atoms with van der Waals surface area (Å²) in [6.45, 7) is 2.20. The van der Waals surface area contributed by atoms with Crippen LogP contribution in [0.5, 0.6) is 0 Å². The Morgan fingerprint density at radius 2 is 2.17 bits per heavy atom. The number of aromatic amines is 1. The third kappa shape index (κ3) is 2.27. The van der Waals surface area contributed by atoms with E-state index in [1.165, 1.54) is 11.0 Å². The average molecular weight is 249 g/mol. The number of amides is 2. The summed E-state index contributed by atoms with van der Waals surface area (Å²) >= 11 is 0. The standard InChI is InChI=1S/C12H15N3O3/c1-7-5-8(6-10(16)14-7)12(18)15-4-2-3-9(15)11(13)17/h5-6,9H,2-4H2,1H3,(H2,13,17)(H,14,16)/t9-/m0/s1. The van der Waals surface area contributed by atoms with Crippen molar-refractivity contribution in [2.24, 2.45) is 5.73 Å². The van der Waals surface area contributed by atoms with Gasteiger partial charge in [-0.1, -0.05) is 0 Å². The quantitative estimate of drug-likeness (QED) is 0.758. The molecule has 96 valence electrons. The number of likely N-dealkylation sites (tertiary alicyclic amines) is 1. The normalized spacial score (nSPS) is 18.9. The number of carbonyl (C=O) groups is 2. The van der Waals surface area contributed by atoms with E-state index in [2.05, 4.69) is 4.98 Å². The Labute approximate surface area is 104 Å². The minimum Gasteiger partial charge on any atom is -0.368 e. The molecule has 0 bridgehead atoms. The Balaban J connectivity index is 2.30. The number of hydrogen-bond acceptors (Lipinski definition) is 3. The van der Waals surface area contributed by atoms with E-state index in [1.54, 1.807) is 13.0 Å². The Morgan fingerprint density at radius 3 is 2.78 bits per heavy atom. The molecule has 1 aromatic rings. The molecule has 0 radical (unpaired) electrons. The maximum Gasteiger partial charge on any atom is 0.254 e. The number of rotatable bonds is 2. The minimum absolute atomic E-state index is 0.296. The Kier molecular flexibility index (Phi) is 3.18. The van der Waals surface area contributed by atoms with Gasteiger partial charge in [-0.2, -0.15) is 0 Å². The lowest BCUT2D eigenvalue weighted by Crippen LogP contribution is -2.43. The number of aryl methyl sites for hydroxylation is 1. The van der Waals surface area contributed by atoms with Gasteiger partial charge in [0.25, 0.3) is 5.91 Å². The summed E-state index contributed by atoms with van der Waals surface area (Å²) in [4.78, 5) is 38.8. The van der Waals surface area contributed by atoms with Crippen molar-refractivity contribution in [3.63, 3.8) is 0 Å². The van der Waals surface area contributed by atoms with Crippen molar-refractivity contribution >= 4 is 11.8 Å². The highest BCUT2D eigenvalue weighted by atomic mass is 16.2. The van der Waals surface area contributed by atoms with Crippen LogP contribution in [0.2, 0.25) is 0 Å². The SMILES string of the molecule is Cc1cc(C(=O)N2CCC[C@H]2C(N)=O)cc(=O)[nH]1. The van der Waals surface area contributed by atoms with E-state index in [0.717, 1.165) is 6.42 Å². The van der Waals surface area contributed by atoms with E-state index in [-0.39, 0.29) is 11.5 Å². The molecule has 2 amide bonds. The van der Waals surface area contributed by atoms with Gasteiger partial charge in [0.2, 0.25) is 11.5 Å². The molecule has 18 heavy (non-hydrogen) atoms. The van der Waals surface area contributed by atoms with Crippen molar-refractivity contribution in [1.82, 2.24) is 9.88 Å². The Bertz CT molecular complexity index is 550. The van der Waals surface area contributed by atoms with E-state index in [4.69, 9.17) is 5.73 Å². The van der Waals surface area contributed by atoms with Gasteiger partial charge >= 0.3 is 0 Å². The molecular formula is C12H15N3O3. The zero-order valence-corrected chi connectivity index (χ0v) is 10.1. The first-order chi connectivity index (χ1) is 8.49. The molecular weight excluding hydrogens is 234 g/mol. The number of nitrogens with one attached hydrogen (secondary N) is 1. The predicted octanol–water partition coefficient (Wildman–Crippen LogP) is -0.227. The fraction of sp³-hybridized carbons (Fsp3) is 0.417. The van der Waals surface area contributed by atoms with Crippen molar-refractivity contribution in [3.05, 3.63) is 33.7 Å². The molecule has 1 aliphatic heterocycles. The number of aromatic nitrogens is 1. The van der Waals surface area contributed by atoms with Gasteiger partial charge in [0.05, 0.1) is 0 Å². The summed E-state index contributed by atoms with van der Waals surface area (Å²) in [6.07, 6.45) is 1.34. The summed E-state index contributed by atoms with van der Waals surface area (Å²) < 4.78 is 0. The number of pyridine rings is 1. The second-order valence-corrected chi connectivity index (χ2v) is 4.48. The molecule has 3 N–H and O–H groups in total. The Hall–Kier alpha value is -2.11.